The van der Waals surface area contributed by atoms with Crippen LogP contribution in [0.2, 0.25) is 0 Å². The number of methoxy groups -OCH3 is 1. The molecule has 3 rings (SSSR count). The molecule has 1 amide bonds. The first kappa shape index (κ1) is 18.2. The van der Waals surface area contributed by atoms with Crippen LogP contribution in [0.15, 0.2) is 42.5 Å². The number of nitrogens with one attached hydrogen (secondary N) is 1. The number of hydrogen-bond donors (Lipinski definition) is 1. The van der Waals surface area contributed by atoms with Gasteiger partial charge in [-0.1, -0.05) is 18.2 Å². The van der Waals surface area contributed by atoms with Crippen LogP contribution >= 0.6 is 0 Å². The number of carbonyl (C=O) groups excluding carboxylic acids is 1. The Kier molecular flexibility index (Phi) is 5.16. The third kappa shape index (κ3) is 4.15. The van der Waals surface area contributed by atoms with E-state index in [2.05, 4.69) is 5.32 Å². The summed E-state index contributed by atoms with van der Waals surface area (Å²) in [6.07, 6.45) is 1.26. The van der Waals surface area contributed by atoms with Crippen molar-refractivity contribution in [3.05, 3.63) is 59.4 Å². The molecule has 0 saturated heterocycles. The highest BCUT2D eigenvalue weighted by atomic mass is 19.1. The van der Waals surface area contributed by atoms with Crippen LogP contribution in [-0.4, -0.2) is 18.6 Å². The predicted molar refractivity (Wildman–Crippen MR) is 97.9 cm³/mol. The third-order valence-corrected chi connectivity index (χ3v) is 4.59. The summed E-state index contributed by atoms with van der Waals surface area (Å²) >= 11 is 0. The largest absolute Gasteiger partial charge is 0.497 e. The SMILES string of the molecule is COc1ccc2c(c1)[C@H](NC(=O)CCc1ccccc1F)CC(C)(C)O2. The van der Waals surface area contributed by atoms with Crippen molar-refractivity contribution in [2.75, 3.05) is 7.11 Å². The number of benzene rings is 2. The smallest absolute Gasteiger partial charge is 0.220 e. The number of rotatable bonds is 5. The van der Waals surface area contributed by atoms with Crippen molar-refractivity contribution in [3.63, 3.8) is 0 Å². The third-order valence-electron chi connectivity index (χ3n) is 4.59. The van der Waals surface area contributed by atoms with Crippen molar-refractivity contribution in [1.82, 2.24) is 5.32 Å². The summed E-state index contributed by atoms with van der Waals surface area (Å²) in [5.74, 6) is 1.09. The Balaban J connectivity index is 1.72. The number of fused-ring (bicyclic) bond motifs is 1. The van der Waals surface area contributed by atoms with Crippen LogP contribution in [0.25, 0.3) is 0 Å². The Morgan fingerprint density at radius 1 is 1.31 bits per heavy atom. The number of hydrogen-bond acceptors (Lipinski definition) is 3. The topological polar surface area (TPSA) is 47.6 Å². The van der Waals surface area contributed by atoms with Gasteiger partial charge in [0.25, 0.3) is 0 Å². The molecule has 1 heterocycles. The van der Waals surface area contributed by atoms with Crippen LogP contribution in [0.3, 0.4) is 0 Å². The molecular formula is C21H24FNO3. The Morgan fingerprint density at radius 3 is 2.81 bits per heavy atom. The van der Waals surface area contributed by atoms with E-state index >= 15 is 0 Å². The fourth-order valence-corrected chi connectivity index (χ4v) is 3.30. The van der Waals surface area contributed by atoms with E-state index in [-0.39, 0.29) is 29.8 Å². The van der Waals surface area contributed by atoms with E-state index in [0.29, 0.717) is 18.4 Å². The monoisotopic (exact) mass is 357 g/mol. The number of carbonyl (C=O) groups is 1. The van der Waals surface area contributed by atoms with Gasteiger partial charge in [0.1, 0.15) is 22.9 Å². The molecule has 0 spiro atoms. The number of halogens is 1. The van der Waals surface area contributed by atoms with Gasteiger partial charge in [-0.05, 0) is 50.1 Å². The van der Waals surface area contributed by atoms with E-state index in [9.17, 15) is 9.18 Å². The summed E-state index contributed by atoms with van der Waals surface area (Å²) in [6.45, 7) is 4.00. The number of aryl methyl sites for hydroxylation is 1. The van der Waals surface area contributed by atoms with Gasteiger partial charge >= 0.3 is 0 Å². The quantitative estimate of drug-likeness (QED) is 0.873. The zero-order valence-corrected chi connectivity index (χ0v) is 15.3. The fourth-order valence-electron chi connectivity index (χ4n) is 3.30. The van der Waals surface area contributed by atoms with Crippen molar-refractivity contribution in [2.24, 2.45) is 0 Å². The molecule has 26 heavy (non-hydrogen) atoms. The van der Waals surface area contributed by atoms with Gasteiger partial charge in [-0.3, -0.25) is 4.79 Å². The summed E-state index contributed by atoms with van der Waals surface area (Å²) in [6, 6.07) is 12.0. The molecule has 0 bridgehead atoms. The zero-order valence-electron chi connectivity index (χ0n) is 15.3. The molecule has 1 atom stereocenters. The Labute approximate surface area is 153 Å². The van der Waals surface area contributed by atoms with Crippen molar-refractivity contribution in [1.29, 1.82) is 0 Å². The first-order valence-corrected chi connectivity index (χ1v) is 8.78. The summed E-state index contributed by atoms with van der Waals surface area (Å²) in [5.41, 5.74) is 1.07. The molecule has 2 aromatic rings. The normalized spacial score (nSPS) is 17.8. The minimum Gasteiger partial charge on any atom is -0.497 e. The molecular weight excluding hydrogens is 333 g/mol. The molecule has 1 aliphatic rings. The van der Waals surface area contributed by atoms with Gasteiger partial charge in [0.15, 0.2) is 0 Å². The van der Waals surface area contributed by atoms with Crippen LogP contribution < -0.4 is 14.8 Å². The van der Waals surface area contributed by atoms with Gasteiger partial charge in [-0.25, -0.2) is 4.39 Å². The molecule has 0 unspecified atom stereocenters. The summed E-state index contributed by atoms with van der Waals surface area (Å²) < 4.78 is 25.0. The van der Waals surface area contributed by atoms with Gasteiger partial charge in [0.2, 0.25) is 5.91 Å². The average Bonchev–Trinajstić information content (AvgIpc) is 2.60. The second-order valence-electron chi connectivity index (χ2n) is 7.18. The highest BCUT2D eigenvalue weighted by Crippen LogP contribution is 2.41. The van der Waals surface area contributed by atoms with Crippen molar-refractivity contribution in [3.8, 4) is 11.5 Å². The number of amides is 1. The molecule has 5 heteroatoms. The molecule has 0 saturated carbocycles. The van der Waals surface area contributed by atoms with Gasteiger partial charge in [-0.2, -0.15) is 0 Å². The van der Waals surface area contributed by atoms with Crippen LogP contribution in [0.4, 0.5) is 4.39 Å². The van der Waals surface area contributed by atoms with Gasteiger partial charge < -0.3 is 14.8 Å². The van der Waals surface area contributed by atoms with Crippen LogP contribution in [0.5, 0.6) is 11.5 Å². The average molecular weight is 357 g/mol. The van der Waals surface area contributed by atoms with Crippen LogP contribution in [0.1, 0.15) is 43.9 Å². The summed E-state index contributed by atoms with van der Waals surface area (Å²) in [4.78, 5) is 12.5. The second-order valence-corrected chi connectivity index (χ2v) is 7.18. The van der Waals surface area contributed by atoms with Crippen LogP contribution in [-0.2, 0) is 11.2 Å². The first-order chi connectivity index (χ1) is 12.4. The lowest BCUT2D eigenvalue weighted by molar-refractivity contribution is -0.122. The van der Waals surface area contributed by atoms with Crippen molar-refractivity contribution >= 4 is 5.91 Å². The maximum absolute atomic E-state index is 13.7. The highest BCUT2D eigenvalue weighted by molar-refractivity contribution is 5.77. The lowest BCUT2D eigenvalue weighted by Gasteiger charge is -2.38. The zero-order chi connectivity index (χ0) is 18.7. The van der Waals surface area contributed by atoms with Gasteiger partial charge in [0, 0.05) is 18.4 Å². The van der Waals surface area contributed by atoms with Gasteiger partial charge in [-0.15, -0.1) is 0 Å². The van der Waals surface area contributed by atoms with Crippen molar-refractivity contribution < 1.29 is 18.7 Å². The van der Waals surface area contributed by atoms with E-state index in [1.807, 2.05) is 32.0 Å². The van der Waals surface area contributed by atoms with E-state index in [1.165, 1.54) is 6.07 Å². The molecule has 4 nitrogen and oxygen atoms in total. The standard InChI is InChI=1S/C21H24FNO3/c1-21(2)13-18(16-12-15(25-3)9-10-19(16)26-21)23-20(24)11-8-14-6-4-5-7-17(14)22/h4-7,9-10,12,18H,8,11,13H2,1-3H3,(H,23,24)/t18-/m1/s1. The minimum absolute atomic E-state index is 0.107. The maximum atomic E-state index is 13.7. The lowest BCUT2D eigenvalue weighted by atomic mass is 9.89. The minimum atomic E-state index is -0.384. The Hall–Kier alpha value is -2.56. The second kappa shape index (κ2) is 7.36. The Bertz CT molecular complexity index is 804. The molecule has 2 aromatic carbocycles. The summed E-state index contributed by atoms with van der Waals surface area (Å²) in [7, 11) is 1.61. The Morgan fingerprint density at radius 2 is 2.08 bits per heavy atom. The maximum Gasteiger partial charge on any atom is 0.220 e. The molecule has 1 aliphatic heterocycles. The molecule has 0 fully saturated rings. The highest BCUT2D eigenvalue weighted by Gasteiger charge is 2.34. The predicted octanol–water partition coefficient (Wildman–Crippen LogP) is 4.19. The molecule has 0 radical (unpaired) electrons. The van der Waals surface area contributed by atoms with E-state index < -0.39 is 0 Å². The molecule has 138 valence electrons. The summed E-state index contributed by atoms with van der Waals surface area (Å²) in [5, 5.41) is 3.07. The fraction of sp³-hybridized carbons (Fsp3) is 0.381. The van der Waals surface area contributed by atoms with E-state index in [1.54, 1.807) is 25.3 Å². The first-order valence-electron chi connectivity index (χ1n) is 8.78. The van der Waals surface area contributed by atoms with E-state index in [4.69, 9.17) is 9.47 Å². The number of ether oxygens (including phenoxy) is 2. The molecule has 0 aliphatic carbocycles. The lowest BCUT2D eigenvalue weighted by Crippen LogP contribution is -2.41. The molecule has 0 aromatic heterocycles. The molecule has 1 N–H and O–H groups in total. The van der Waals surface area contributed by atoms with E-state index in [0.717, 1.165) is 17.1 Å². The van der Waals surface area contributed by atoms with Crippen molar-refractivity contribution in [2.45, 2.75) is 44.8 Å². The van der Waals surface area contributed by atoms with Gasteiger partial charge in [0.05, 0.1) is 13.2 Å². The van der Waals surface area contributed by atoms with Crippen LogP contribution in [0, 0.1) is 5.82 Å².